The molecule has 164 valence electrons. The number of hydrogen-bond acceptors (Lipinski definition) is 5. The van der Waals surface area contributed by atoms with Crippen molar-refractivity contribution in [3.05, 3.63) is 29.3 Å². The molecule has 0 bridgehead atoms. The smallest absolute Gasteiger partial charge is 0.423 e. The first-order valence-electron chi connectivity index (χ1n) is 10.3. The van der Waals surface area contributed by atoms with Crippen molar-refractivity contribution in [3.63, 3.8) is 0 Å². The number of aldehydes is 1. The minimum Gasteiger partial charge on any atom is -0.423 e. The Balaban J connectivity index is 1.93. The number of rotatable bonds is 7. The maximum absolute atomic E-state index is 12.7. The summed E-state index contributed by atoms with van der Waals surface area (Å²) < 4.78 is 0. The standard InChI is InChI=1S/C21H32BN3O5/c1-5-20(2,3)25-19(28)23-16-8-10-21(4,11-9-16)24-18(27)14-6-7-17(22(29)30)15(12-14)13-26/h6-7,12-13,16,29-30H,5,8-11H2,1-4H3,(H,24,27)(H2,23,25,28). The molecule has 30 heavy (non-hydrogen) atoms. The fourth-order valence-electron chi connectivity index (χ4n) is 3.54. The van der Waals surface area contributed by atoms with Crippen LogP contribution in [0.3, 0.4) is 0 Å². The van der Waals surface area contributed by atoms with Gasteiger partial charge in [-0.2, -0.15) is 0 Å². The van der Waals surface area contributed by atoms with Gasteiger partial charge in [0.15, 0.2) is 0 Å². The number of urea groups is 1. The van der Waals surface area contributed by atoms with Crippen LogP contribution in [0, 0.1) is 0 Å². The lowest BCUT2D eigenvalue weighted by atomic mass is 9.76. The summed E-state index contributed by atoms with van der Waals surface area (Å²) in [6.45, 7) is 7.94. The van der Waals surface area contributed by atoms with Crippen molar-refractivity contribution in [2.75, 3.05) is 0 Å². The molecular weight excluding hydrogens is 385 g/mol. The molecule has 1 saturated carbocycles. The highest BCUT2D eigenvalue weighted by atomic mass is 16.4. The van der Waals surface area contributed by atoms with E-state index in [1.807, 2.05) is 27.7 Å². The molecule has 0 saturated heterocycles. The molecule has 1 aliphatic rings. The van der Waals surface area contributed by atoms with Crippen molar-refractivity contribution in [1.82, 2.24) is 16.0 Å². The summed E-state index contributed by atoms with van der Waals surface area (Å²) in [5, 5.41) is 27.6. The quantitative estimate of drug-likeness (QED) is 0.335. The highest BCUT2D eigenvalue weighted by molar-refractivity contribution is 6.60. The average molecular weight is 417 g/mol. The zero-order chi connectivity index (χ0) is 22.5. The second-order valence-corrected chi connectivity index (χ2v) is 8.96. The van der Waals surface area contributed by atoms with Gasteiger partial charge in [0, 0.05) is 28.2 Å². The van der Waals surface area contributed by atoms with E-state index in [0.29, 0.717) is 19.1 Å². The van der Waals surface area contributed by atoms with E-state index in [0.717, 1.165) is 19.3 Å². The Morgan fingerprint density at radius 1 is 1.27 bits per heavy atom. The average Bonchev–Trinajstić information content (AvgIpc) is 2.68. The predicted octanol–water partition coefficient (Wildman–Crippen LogP) is 1.10. The lowest BCUT2D eigenvalue weighted by Gasteiger charge is -2.38. The molecule has 2 rings (SSSR count). The summed E-state index contributed by atoms with van der Waals surface area (Å²) in [6.07, 6.45) is 4.22. The van der Waals surface area contributed by atoms with Crippen LogP contribution in [0.2, 0.25) is 0 Å². The van der Waals surface area contributed by atoms with Crippen molar-refractivity contribution in [2.45, 2.75) is 76.9 Å². The summed E-state index contributed by atoms with van der Waals surface area (Å²) in [6, 6.07) is 4.06. The van der Waals surface area contributed by atoms with Gasteiger partial charge in [-0.15, -0.1) is 0 Å². The van der Waals surface area contributed by atoms with Crippen LogP contribution in [-0.2, 0) is 0 Å². The van der Waals surface area contributed by atoms with Gasteiger partial charge in [-0.1, -0.05) is 13.0 Å². The van der Waals surface area contributed by atoms with Crippen LogP contribution in [0.25, 0.3) is 0 Å². The van der Waals surface area contributed by atoms with Gasteiger partial charge in [0.2, 0.25) is 0 Å². The zero-order valence-corrected chi connectivity index (χ0v) is 18.1. The normalized spacial score (nSPS) is 21.5. The van der Waals surface area contributed by atoms with Crippen molar-refractivity contribution >= 4 is 30.8 Å². The van der Waals surface area contributed by atoms with E-state index in [9.17, 15) is 24.4 Å². The number of hydrogen-bond donors (Lipinski definition) is 5. The fraction of sp³-hybridized carbons (Fsp3) is 0.571. The van der Waals surface area contributed by atoms with E-state index in [1.54, 1.807) is 0 Å². The lowest BCUT2D eigenvalue weighted by molar-refractivity contribution is 0.0873. The Labute approximate surface area is 178 Å². The second kappa shape index (κ2) is 9.62. The van der Waals surface area contributed by atoms with E-state index >= 15 is 0 Å². The molecular formula is C21H32BN3O5. The van der Waals surface area contributed by atoms with Gasteiger partial charge < -0.3 is 26.0 Å². The number of benzene rings is 1. The van der Waals surface area contributed by atoms with Gasteiger partial charge in [-0.25, -0.2) is 4.79 Å². The maximum Gasteiger partial charge on any atom is 0.489 e. The Hall–Kier alpha value is -2.39. The summed E-state index contributed by atoms with van der Waals surface area (Å²) in [4.78, 5) is 36.1. The molecule has 0 spiro atoms. The van der Waals surface area contributed by atoms with Crippen molar-refractivity contribution in [1.29, 1.82) is 0 Å². The van der Waals surface area contributed by atoms with Crippen LogP contribution in [0.5, 0.6) is 0 Å². The Bertz CT molecular complexity index is 789. The Morgan fingerprint density at radius 3 is 2.43 bits per heavy atom. The van der Waals surface area contributed by atoms with E-state index in [1.165, 1.54) is 18.2 Å². The largest absolute Gasteiger partial charge is 0.489 e. The molecule has 0 aromatic heterocycles. The molecule has 0 atom stereocenters. The molecule has 0 radical (unpaired) electrons. The van der Waals surface area contributed by atoms with Crippen LogP contribution in [-0.4, -0.2) is 52.5 Å². The Kier molecular flexibility index (Phi) is 7.66. The molecule has 8 nitrogen and oxygen atoms in total. The van der Waals surface area contributed by atoms with Gasteiger partial charge in [0.05, 0.1) is 0 Å². The molecule has 0 unspecified atom stereocenters. The Morgan fingerprint density at radius 2 is 1.90 bits per heavy atom. The molecule has 3 amide bonds. The second-order valence-electron chi connectivity index (χ2n) is 8.96. The third-order valence-corrected chi connectivity index (χ3v) is 5.93. The number of amides is 3. The topological polar surface area (TPSA) is 128 Å². The first kappa shape index (κ1) is 23.9. The molecule has 1 aromatic carbocycles. The predicted molar refractivity (Wildman–Crippen MR) is 116 cm³/mol. The monoisotopic (exact) mass is 417 g/mol. The number of carbonyl (C=O) groups is 3. The van der Waals surface area contributed by atoms with E-state index in [-0.39, 0.29) is 40.1 Å². The van der Waals surface area contributed by atoms with Gasteiger partial charge in [-0.3, -0.25) is 9.59 Å². The zero-order valence-electron chi connectivity index (χ0n) is 18.1. The van der Waals surface area contributed by atoms with Crippen molar-refractivity contribution in [2.24, 2.45) is 0 Å². The number of nitrogens with one attached hydrogen (secondary N) is 3. The molecule has 1 aliphatic carbocycles. The third-order valence-electron chi connectivity index (χ3n) is 5.93. The molecule has 1 fully saturated rings. The summed E-state index contributed by atoms with van der Waals surface area (Å²) >= 11 is 0. The highest BCUT2D eigenvalue weighted by Crippen LogP contribution is 2.28. The van der Waals surface area contributed by atoms with E-state index < -0.39 is 12.7 Å². The molecule has 0 heterocycles. The lowest BCUT2D eigenvalue weighted by Crippen LogP contribution is -2.54. The van der Waals surface area contributed by atoms with Crippen molar-refractivity contribution in [3.8, 4) is 0 Å². The van der Waals surface area contributed by atoms with Crippen LogP contribution >= 0.6 is 0 Å². The van der Waals surface area contributed by atoms with Gasteiger partial charge >= 0.3 is 13.1 Å². The van der Waals surface area contributed by atoms with Gasteiger partial charge in [0.25, 0.3) is 5.91 Å². The summed E-state index contributed by atoms with van der Waals surface area (Å²) in [5.74, 6) is -0.326. The van der Waals surface area contributed by atoms with Crippen molar-refractivity contribution < 1.29 is 24.4 Å². The first-order chi connectivity index (χ1) is 14.0. The van der Waals surface area contributed by atoms with Crippen LogP contribution in [0.1, 0.15) is 80.5 Å². The highest BCUT2D eigenvalue weighted by Gasteiger charge is 2.33. The third kappa shape index (κ3) is 6.30. The minimum absolute atomic E-state index is 0.0506. The van der Waals surface area contributed by atoms with Gasteiger partial charge in [-0.05, 0) is 70.5 Å². The van der Waals surface area contributed by atoms with Crippen LogP contribution in [0.4, 0.5) is 4.79 Å². The van der Waals surface area contributed by atoms with Gasteiger partial charge in [0.1, 0.15) is 6.29 Å². The summed E-state index contributed by atoms with van der Waals surface area (Å²) in [7, 11) is -1.78. The van der Waals surface area contributed by atoms with E-state index in [2.05, 4.69) is 16.0 Å². The first-order valence-corrected chi connectivity index (χ1v) is 10.3. The number of carbonyl (C=O) groups excluding carboxylic acids is 3. The molecule has 1 aromatic rings. The fourth-order valence-corrected chi connectivity index (χ4v) is 3.54. The minimum atomic E-state index is -1.78. The molecule has 0 aliphatic heterocycles. The maximum atomic E-state index is 12.7. The van der Waals surface area contributed by atoms with E-state index in [4.69, 9.17) is 0 Å². The SMILES string of the molecule is CCC(C)(C)NC(=O)NC1CCC(C)(NC(=O)c2ccc(B(O)O)c(C=O)c2)CC1. The van der Waals surface area contributed by atoms with Crippen LogP contribution < -0.4 is 21.4 Å². The summed E-state index contributed by atoms with van der Waals surface area (Å²) in [5.41, 5.74) is -0.279. The molecule has 9 heteroatoms. The van der Waals surface area contributed by atoms with Crippen LogP contribution in [0.15, 0.2) is 18.2 Å². The molecule has 5 N–H and O–H groups in total.